The number of nitrogens with two attached hydrogens (primary N) is 3. The first kappa shape index (κ1) is 50.7. The number of carboxylic acids is 1. The van der Waals surface area contributed by atoms with Gasteiger partial charge in [0.15, 0.2) is 0 Å². The Morgan fingerprint density at radius 1 is 0.582 bits per heavy atom. The van der Waals surface area contributed by atoms with E-state index in [0.717, 1.165) is 0 Å². The number of carbonyl (C=O) groups excluding carboxylic acids is 7. The zero-order valence-corrected chi connectivity index (χ0v) is 34.2. The van der Waals surface area contributed by atoms with Crippen molar-refractivity contribution >= 4 is 47.3 Å². The molecule has 7 amide bonds. The van der Waals surface area contributed by atoms with Gasteiger partial charge in [-0.1, -0.05) is 68.2 Å². The number of carbonyl (C=O) groups is 8. The first-order chi connectivity index (χ1) is 25.6. The van der Waals surface area contributed by atoms with Crippen molar-refractivity contribution in [3.8, 4) is 0 Å². The van der Waals surface area contributed by atoms with Crippen molar-refractivity contribution in [3.63, 3.8) is 0 Å². The zero-order chi connectivity index (χ0) is 42.6. The summed E-state index contributed by atoms with van der Waals surface area (Å²) in [7, 11) is 0. The van der Waals surface area contributed by atoms with E-state index in [1.165, 1.54) is 6.92 Å². The Bertz CT molecular complexity index is 1300. The van der Waals surface area contributed by atoms with Crippen LogP contribution in [0.15, 0.2) is 0 Å². The lowest BCUT2D eigenvalue weighted by Crippen LogP contribution is -2.61. The molecule has 0 radical (unpaired) electrons. The molecule has 0 aromatic rings. The number of rotatable bonds is 27. The smallest absolute Gasteiger partial charge is 0.325 e. The number of hydrogen-bond donors (Lipinski definition) is 10. The van der Waals surface area contributed by atoms with Crippen LogP contribution in [0, 0.1) is 23.7 Å². The Balaban J connectivity index is 6.43. The molecule has 18 heteroatoms. The quantitative estimate of drug-likeness (QED) is 0.0475. The van der Waals surface area contributed by atoms with Gasteiger partial charge in [0.2, 0.25) is 41.4 Å². The van der Waals surface area contributed by atoms with Gasteiger partial charge in [0.25, 0.3) is 0 Å². The lowest BCUT2D eigenvalue weighted by Gasteiger charge is -2.31. The third kappa shape index (κ3) is 18.7. The average molecular weight is 784 g/mol. The van der Waals surface area contributed by atoms with Gasteiger partial charge in [-0.2, -0.15) is 0 Å². The van der Waals surface area contributed by atoms with E-state index in [9.17, 15) is 43.5 Å². The van der Waals surface area contributed by atoms with E-state index in [2.05, 4.69) is 31.9 Å². The summed E-state index contributed by atoms with van der Waals surface area (Å²) in [5, 5.41) is 25.0. The zero-order valence-electron chi connectivity index (χ0n) is 34.2. The van der Waals surface area contributed by atoms with Crippen molar-refractivity contribution in [3.05, 3.63) is 0 Å². The summed E-state index contributed by atoms with van der Waals surface area (Å²) < 4.78 is 0. The summed E-state index contributed by atoms with van der Waals surface area (Å²) in [5.41, 5.74) is 17.0. The second-order valence-electron chi connectivity index (χ2n) is 15.2. The molecule has 0 saturated heterocycles. The van der Waals surface area contributed by atoms with Crippen LogP contribution in [-0.4, -0.2) is 101 Å². The van der Waals surface area contributed by atoms with Crippen LogP contribution < -0.4 is 49.1 Å². The predicted molar refractivity (Wildman–Crippen MR) is 207 cm³/mol. The molecule has 9 atom stereocenters. The molecule has 0 bridgehead atoms. The van der Waals surface area contributed by atoms with E-state index in [4.69, 9.17) is 17.2 Å². The number of unbranched alkanes of at least 4 members (excludes halogenated alkanes) is 1. The molecule has 316 valence electrons. The monoisotopic (exact) mass is 784 g/mol. The van der Waals surface area contributed by atoms with E-state index < -0.39 is 101 Å². The number of aliphatic carboxylic acids is 1. The number of amides is 7. The summed E-state index contributed by atoms with van der Waals surface area (Å²) in [4.78, 5) is 104. The fraction of sp³-hybridized carbons (Fsp3) is 0.784. The Kier molecular flexibility index (Phi) is 23.7. The fourth-order valence-electron chi connectivity index (χ4n) is 5.40. The molecule has 0 saturated carbocycles. The molecule has 0 spiro atoms. The van der Waals surface area contributed by atoms with Crippen LogP contribution in [-0.2, 0) is 38.4 Å². The Hall–Kier alpha value is -4.32. The lowest BCUT2D eigenvalue weighted by molar-refractivity contribution is -0.142. The third-order valence-electron chi connectivity index (χ3n) is 9.57. The molecule has 0 fully saturated rings. The third-order valence-corrected chi connectivity index (χ3v) is 9.57. The van der Waals surface area contributed by atoms with E-state index in [1.54, 1.807) is 41.5 Å². The van der Waals surface area contributed by atoms with Gasteiger partial charge < -0.3 is 54.2 Å². The lowest BCUT2D eigenvalue weighted by atomic mass is 9.94. The van der Waals surface area contributed by atoms with Gasteiger partial charge in [0.05, 0.1) is 6.04 Å². The molecule has 0 aliphatic carbocycles. The van der Waals surface area contributed by atoms with Crippen LogP contribution in [0.3, 0.4) is 0 Å². The largest absolute Gasteiger partial charge is 0.480 e. The van der Waals surface area contributed by atoms with Crippen LogP contribution in [0.4, 0.5) is 0 Å². The second-order valence-corrected chi connectivity index (χ2v) is 15.2. The summed E-state index contributed by atoms with van der Waals surface area (Å²) in [6, 6.07) is -7.99. The van der Waals surface area contributed by atoms with Crippen LogP contribution in [0.2, 0.25) is 0 Å². The Labute approximate surface area is 325 Å². The van der Waals surface area contributed by atoms with Crippen LogP contribution in [0.25, 0.3) is 0 Å². The topological polar surface area (TPSA) is 307 Å². The molecule has 55 heavy (non-hydrogen) atoms. The molecule has 0 aliphatic heterocycles. The van der Waals surface area contributed by atoms with Gasteiger partial charge in [-0.05, 0) is 69.2 Å². The Morgan fingerprint density at radius 2 is 1.02 bits per heavy atom. The van der Waals surface area contributed by atoms with E-state index in [0.29, 0.717) is 32.2 Å². The normalized spacial score (nSPS) is 16.2. The van der Waals surface area contributed by atoms with Crippen molar-refractivity contribution in [2.45, 2.75) is 156 Å². The number of primary amides is 1. The van der Waals surface area contributed by atoms with Crippen LogP contribution in [0.5, 0.6) is 0 Å². The molecule has 0 aromatic carbocycles. The first-order valence-electron chi connectivity index (χ1n) is 19.4. The van der Waals surface area contributed by atoms with Gasteiger partial charge in [-0.3, -0.25) is 38.4 Å². The minimum atomic E-state index is -1.37. The van der Waals surface area contributed by atoms with E-state index >= 15 is 0 Å². The van der Waals surface area contributed by atoms with Crippen molar-refractivity contribution in [2.24, 2.45) is 40.9 Å². The number of nitrogens with one attached hydrogen (secondary N) is 6. The molecule has 0 rings (SSSR count). The highest BCUT2D eigenvalue weighted by atomic mass is 16.4. The van der Waals surface area contributed by atoms with Gasteiger partial charge in [0, 0.05) is 6.42 Å². The van der Waals surface area contributed by atoms with Gasteiger partial charge in [0.1, 0.15) is 36.3 Å². The first-order valence-corrected chi connectivity index (χ1v) is 19.4. The molecule has 0 heterocycles. The average Bonchev–Trinajstić information content (AvgIpc) is 3.11. The van der Waals surface area contributed by atoms with Crippen molar-refractivity contribution < 1.29 is 43.5 Å². The highest BCUT2D eigenvalue weighted by Crippen LogP contribution is 2.14. The van der Waals surface area contributed by atoms with Crippen molar-refractivity contribution in [2.75, 3.05) is 6.54 Å². The van der Waals surface area contributed by atoms with Crippen LogP contribution >= 0.6 is 0 Å². The maximum atomic E-state index is 13.9. The number of hydrogen-bond acceptors (Lipinski definition) is 10. The highest BCUT2D eigenvalue weighted by Gasteiger charge is 2.36. The van der Waals surface area contributed by atoms with Gasteiger partial charge in [-0.15, -0.1) is 0 Å². The second kappa shape index (κ2) is 25.7. The van der Waals surface area contributed by atoms with Crippen LogP contribution in [0.1, 0.15) is 114 Å². The predicted octanol–water partition coefficient (Wildman–Crippen LogP) is -0.484. The van der Waals surface area contributed by atoms with Gasteiger partial charge >= 0.3 is 5.97 Å². The highest BCUT2D eigenvalue weighted by molar-refractivity contribution is 5.97. The van der Waals surface area contributed by atoms with Crippen molar-refractivity contribution in [1.82, 2.24) is 31.9 Å². The summed E-state index contributed by atoms with van der Waals surface area (Å²) in [6.45, 7) is 15.9. The maximum Gasteiger partial charge on any atom is 0.325 e. The SMILES string of the molecule is CC[C@H](C)[C@@H](NC(=O)[C@@H](CCC(N)=O)NC(=O)[C@@H](CC(C)C)NC(=O)[C@@H](CCCCN)NC(=O)[C@H](N)C(C)C)C(=O)N[C@@H](C(=O)N[C@H](C)C(=O)O)[C@@H](C)CC. The molecule has 18 nitrogen and oxygen atoms in total. The fourth-order valence-corrected chi connectivity index (χ4v) is 5.40. The van der Waals surface area contributed by atoms with Gasteiger partial charge in [-0.25, -0.2) is 0 Å². The molecular formula is C37H69N9O9. The molecule has 13 N–H and O–H groups in total. The maximum absolute atomic E-state index is 13.9. The number of carboxylic acid groups (broad SMARTS) is 1. The molecular weight excluding hydrogens is 714 g/mol. The minimum absolute atomic E-state index is 0.110. The Morgan fingerprint density at radius 3 is 1.47 bits per heavy atom. The summed E-state index contributed by atoms with van der Waals surface area (Å²) in [6.07, 6.45) is 1.82. The molecule has 0 aliphatic rings. The van der Waals surface area contributed by atoms with E-state index in [-0.39, 0.29) is 37.5 Å². The van der Waals surface area contributed by atoms with E-state index in [1.807, 2.05) is 13.8 Å². The van der Waals surface area contributed by atoms with Crippen molar-refractivity contribution in [1.29, 1.82) is 0 Å². The molecule has 0 unspecified atom stereocenters. The summed E-state index contributed by atoms with van der Waals surface area (Å²) in [5.74, 6) is -7.34. The summed E-state index contributed by atoms with van der Waals surface area (Å²) >= 11 is 0. The standard InChI is InChI=1S/C37H69N9O9/c1-10-21(7)29(35(52)41-23(9)37(54)55)46-36(53)30(22(8)11-2)45-32(49)25(15-16-27(39)47)42-33(50)26(18-19(3)4)44-31(48)24(14-12-13-17-38)43-34(51)28(40)20(5)6/h19-26,28-30H,10-18,38,40H2,1-9H3,(H2,39,47)(H,41,52)(H,42,50)(H,43,51)(H,44,48)(H,45,49)(H,46,53)(H,54,55)/t21-,22-,23+,24+,25+,26+,28+,29+,30+/m0/s1. The molecule has 0 aromatic heterocycles. The minimum Gasteiger partial charge on any atom is -0.480 e.